The Morgan fingerprint density at radius 2 is 1.70 bits per heavy atom. The summed E-state index contributed by atoms with van der Waals surface area (Å²) in [5, 5.41) is 11.4. The number of aromatic nitrogens is 1. The van der Waals surface area contributed by atoms with Crippen LogP contribution >= 0.6 is 0 Å². The van der Waals surface area contributed by atoms with Crippen LogP contribution in [0.3, 0.4) is 0 Å². The van der Waals surface area contributed by atoms with Crippen molar-refractivity contribution in [2.24, 2.45) is 0 Å². The summed E-state index contributed by atoms with van der Waals surface area (Å²) < 4.78 is 16.6. The van der Waals surface area contributed by atoms with Crippen molar-refractivity contribution in [3.05, 3.63) is 59.4 Å². The van der Waals surface area contributed by atoms with Gasteiger partial charge in [-0.1, -0.05) is 30.3 Å². The minimum Gasteiger partial charge on any atom is -0.493 e. The highest BCUT2D eigenvalue weighted by Crippen LogP contribution is 2.45. The summed E-state index contributed by atoms with van der Waals surface area (Å²) in [6.45, 7) is 1.89. The molecule has 0 fully saturated rings. The molecule has 0 aliphatic carbocycles. The monoisotopic (exact) mass is 360 g/mol. The fourth-order valence-corrected chi connectivity index (χ4v) is 3.09. The molecule has 5 heteroatoms. The largest absolute Gasteiger partial charge is 0.493 e. The summed E-state index contributed by atoms with van der Waals surface area (Å²) in [6, 6.07) is 15.7. The number of nitriles is 1. The number of methoxy groups -OCH3 is 3. The van der Waals surface area contributed by atoms with Crippen molar-refractivity contribution in [3.63, 3.8) is 0 Å². The van der Waals surface area contributed by atoms with Gasteiger partial charge in [0, 0.05) is 5.69 Å². The molecule has 136 valence electrons. The summed E-state index contributed by atoms with van der Waals surface area (Å²) >= 11 is 0. The fraction of sp³-hybridized carbons (Fsp3) is 0.182. The molecule has 5 nitrogen and oxygen atoms in total. The van der Waals surface area contributed by atoms with E-state index in [0.29, 0.717) is 33.9 Å². The number of aryl methyl sites for hydroxylation is 1. The fourth-order valence-electron chi connectivity index (χ4n) is 3.09. The maximum atomic E-state index is 9.83. The molecule has 3 aromatic rings. The van der Waals surface area contributed by atoms with Crippen LogP contribution in [0.25, 0.3) is 22.4 Å². The number of rotatable bonds is 5. The first-order valence-corrected chi connectivity index (χ1v) is 8.40. The predicted octanol–water partition coefficient (Wildman–Crippen LogP) is 4.63. The van der Waals surface area contributed by atoms with Gasteiger partial charge in [0.05, 0.1) is 38.0 Å². The van der Waals surface area contributed by atoms with Crippen molar-refractivity contribution in [2.45, 2.75) is 6.92 Å². The lowest BCUT2D eigenvalue weighted by Crippen LogP contribution is -2.00. The van der Waals surface area contributed by atoms with Gasteiger partial charge < -0.3 is 14.2 Å². The van der Waals surface area contributed by atoms with Crippen molar-refractivity contribution < 1.29 is 14.2 Å². The smallest absolute Gasteiger partial charge is 0.204 e. The number of hydrogen-bond acceptors (Lipinski definition) is 5. The van der Waals surface area contributed by atoms with E-state index >= 15 is 0 Å². The Kier molecular flexibility index (Phi) is 5.28. The van der Waals surface area contributed by atoms with Gasteiger partial charge in [0.2, 0.25) is 5.75 Å². The Hall–Kier alpha value is -3.52. The van der Waals surface area contributed by atoms with E-state index in [9.17, 15) is 5.26 Å². The van der Waals surface area contributed by atoms with Crippen molar-refractivity contribution in [3.8, 4) is 23.3 Å². The van der Waals surface area contributed by atoms with Gasteiger partial charge in [0.25, 0.3) is 0 Å². The van der Waals surface area contributed by atoms with Crippen molar-refractivity contribution in [2.75, 3.05) is 21.3 Å². The predicted molar refractivity (Wildman–Crippen MR) is 106 cm³/mol. The molecule has 27 heavy (non-hydrogen) atoms. The molecule has 0 bridgehead atoms. The zero-order chi connectivity index (χ0) is 19.4. The number of allylic oxidation sites excluding steroid dienone is 1. The van der Waals surface area contributed by atoms with Gasteiger partial charge in [-0.2, -0.15) is 5.26 Å². The van der Waals surface area contributed by atoms with E-state index in [1.807, 2.05) is 55.5 Å². The average molecular weight is 360 g/mol. The molecule has 0 saturated heterocycles. The molecule has 0 aliphatic heterocycles. The first kappa shape index (κ1) is 18.3. The second kappa shape index (κ2) is 7.79. The second-order valence-electron chi connectivity index (χ2n) is 5.94. The Labute approximate surface area is 158 Å². The number of benzene rings is 2. The SMILES string of the molecule is COc1cc2cc(C)nc(C(C#N)=Cc3ccccc3)c2c(OC)c1OC. The van der Waals surface area contributed by atoms with E-state index in [2.05, 4.69) is 11.1 Å². The highest BCUT2D eigenvalue weighted by molar-refractivity contribution is 6.05. The molecule has 0 spiro atoms. The van der Waals surface area contributed by atoms with Gasteiger partial charge in [0.15, 0.2) is 11.5 Å². The molecule has 0 saturated carbocycles. The first-order chi connectivity index (χ1) is 13.1. The quantitative estimate of drug-likeness (QED) is 0.621. The van der Waals surface area contributed by atoms with Crippen LogP contribution in [0.15, 0.2) is 42.5 Å². The summed E-state index contributed by atoms with van der Waals surface area (Å²) in [5.41, 5.74) is 2.71. The van der Waals surface area contributed by atoms with Gasteiger partial charge in [-0.3, -0.25) is 4.98 Å². The number of nitrogens with zero attached hydrogens (tertiary/aromatic N) is 2. The summed E-state index contributed by atoms with van der Waals surface area (Å²) in [5.74, 6) is 1.52. The maximum Gasteiger partial charge on any atom is 0.204 e. The second-order valence-corrected chi connectivity index (χ2v) is 5.94. The molecule has 0 N–H and O–H groups in total. The molecule has 1 aromatic heterocycles. The zero-order valence-electron chi connectivity index (χ0n) is 15.7. The van der Waals surface area contributed by atoms with Crippen LogP contribution in [-0.4, -0.2) is 26.3 Å². The van der Waals surface area contributed by atoms with Crippen LogP contribution in [-0.2, 0) is 0 Å². The average Bonchev–Trinajstić information content (AvgIpc) is 2.70. The lowest BCUT2D eigenvalue weighted by atomic mass is 10.00. The molecule has 0 unspecified atom stereocenters. The van der Waals surface area contributed by atoms with Crippen LogP contribution in [0.4, 0.5) is 0 Å². The van der Waals surface area contributed by atoms with E-state index in [1.54, 1.807) is 21.3 Å². The molecule has 0 radical (unpaired) electrons. The van der Waals surface area contributed by atoms with Crippen LogP contribution in [0, 0.1) is 18.3 Å². The van der Waals surface area contributed by atoms with E-state index in [-0.39, 0.29) is 0 Å². The third-order valence-corrected chi connectivity index (χ3v) is 4.24. The molecule has 1 heterocycles. The zero-order valence-corrected chi connectivity index (χ0v) is 15.7. The number of pyridine rings is 1. The number of ether oxygens (including phenoxy) is 3. The maximum absolute atomic E-state index is 9.83. The number of hydrogen-bond donors (Lipinski definition) is 0. The van der Waals surface area contributed by atoms with E-state index in [0.717, 1.165) is 16.6 Å². The third-order valence-electron chi connectivity index (χ3n) is 4.24. The molecule has 2 aromatic carbocycles. The summed E-state index contributed by atoms with van der Waals surface area (Å²) in [6.07, 6.45) is 1.82. The lowest BCUT2D eigenvalue weighted by molar-refractivity contribution is 0.327. The standard InChI is InChI=1S/C22H20N2O3/c1-14-10-16-12-18(25-2)21(26-3)22(27-4)19(16)20(24-14)17(13-23)11-15-8-6-5-7-9-15/h5-12H,1-4H3. The van der Waals surface area contributed by atoms with Crippen molar-refractivity contribution in [1.29, 1.82) is 5.26 Å². The minimum absolute atomic E-state index is 0.445. The Morgan fingerprint density at radius 1 is 1.00 bits per heavy atom. The van der Waals surface area contributed by atoms with Crippen LogP contribution in [0.5, 0.6) is 17.2 Å². The molecule has 0 amide bonds. The molecular weight excluding hydrogens is 340 g/mol. The van der Waals surface area contributed by atoms with Crippen LogP contribution in [0.1, 0.15) is 17.0 Å². The highest BCUT2D eigenvalue weighted by Gasteiger charge is 2.21. The van der Waals surface area contributed by atoms with Crippen LogP contribution in [0.2, 0.25) is 0 Å². The van der Waals surface area contributed by atoms with Crippen LogP contribution < -0.4 is 14.2 Å². The van der Waals surface area contributed by atoms with E-state index in [4.69, 9.17) is 14.2 Å². The third kappa shape index (κ3) is 3.42. The van der Waals surface area contributed by atoms with Gasteiger partial charge in [0.1, 0.15) is 6.07 Å². The van der Waals surface area contributed by atoms with Crippen molar-refractivity contribution >= 4 is 22.4 Å². The summed E-state index contributed by atoms with van der Waals surface area (Å²) in [4.78, 5) is 4.64. The molecule has 0 aliphatic rings. The first-order valence-electron chi connectivity index (χ1n) is 8.40. The Bertz CT molecular complexity index is 1050. The number of fused-ring (bicyclic) bond motifs is 1. The Morgan fingerprint density at radius 3 is 2.30 bits per heavy atom. The van der Waals surface area contributed by atoms with Crippen molar-refractivity contribution in [1.82, 2.24) is 4.98 Å². The van der Waals surface area contributed by atoms with E-state index in [1.165, 1.54) is 0 Å². The summed E-state index contributed by atoms with van der Waals surface area (Å²) in [7, 11) is 4.69. The molecule has 3 rings (SSSR count). The van der Waals surface area contributed by atoms with E-state index < -0.39 is 0 Å². The molecular formula is C22H20N2O3. The highest BCUT2D eigenvalue weighted by atomic mass is 16.5. The van der Waals surface area contributed by atoms with Gasteiger partial charge in [-0.05, 0) is 36.1 Å². The topological polar surface area (TPSA) is 64.4 Å². The van der Waals surface area contributed by atoms with Gasteiger partial charge in [-0.25, -0.2) is 0 Å². The van der Waals surface area contributed by atoms with Gasteiger partial charge >= 0.3 is 0 Å². The van der Waals surface area contributed by atoms with Gasteiger partial charge in [-0.15, -0.1) is 0 Å². The molecule has 0 atom stereocenters. The minimum atomic E-state index is 0.445. The Balaban J connectivity index is 2.38. The normalized spacial score (nSPS) is 11.1. The lowest BCUT2D eigenvalue weighted by Gasteiger charge is -2.17.